The molecule has 1 fully saturated rings. The molecule has 0 bridgehead atoms. The SMILES string of the molecule is Cc1ccc(=O)n(CC2CN(c3nnc(C)s3)C2)n1. The molecule has 0 unspecified atom stereocenters. The monoisotopic (exact) mass is 277 g/mol. The van der Waals surface area contributed by atoms with Crippen LogP contribution in [0.3, 0.4) is 0 Å². The number of nitrogens with zero attached hydrogens (tertiary/aromatic N) is 5. The van der Waals surface area contributed by atoms with Crippen LogP contribution in [0.15, 0.2) is 16.9 Å². The maximum Gasteiger partial charge on any atom is 0.266 e. The van der Waals surface area contributed by atoms with E-state index in [-0.39, 0.29) is 5.56 Å². The van der Waals surface area contributed by atoms with Gasteiger partial charge in [0, 0.05) is 25.1 Å². The highest BCUT2D eigenvalue weighted by Crippen LogP contribution is 2.27. The first-order valence-electron chi connectivity index (χ1n) is 6.21. The first kappa shape index (κ1) is 12.3. The van der Waals surface area contributed by atoms with Gasteiger partial charge in [-0.2, -0.15) is 5.10 Å². The Balaban J connectivity index is 1.62. The number of hydrogen-bond acceptors (Lipinski definition) is 6. The lowest BCUT2D eigenvalue weighted by Crippen LogP contribution is -2.49. The second kappa shape index (κ2) is 4.73. The van der Waals surface area contributed by atoms with E-state index in [1.54, 1.807) is 28.2 Å². The van der Waals surface area contributed by atoms with Crippen molar-refractivity contribution in [1.29, 1.82) is 0 Å². The third kappa shape index (κ3) is 2.51. The lowest BCUT2D eigenvalue weighted by molar-refractivity contribution is 0.333. The molecule has 0 atom stereocenters. The molecule has 0 aromatic carbocycles. The third-order valence-electron chi connectivity index (χ3n) is 3.17. The van der Waals surface area contributed by atoms with Crippen molar-refractivity contribution in [2.24, 2.45) is 5.92 Å². The molecule has 1 aliphatic heterocycles. The van der Waals surface area contributed by atoms with Crippen LogP contribution in [0, 0.1) is 19.8 Å². The van der Waals surface area contributed by atoms with Gasteiger partial charge in [-0.15, -0.1) is 10.2 Å². The van der Waals surface area contributed by atoms with E-state index in [1.807, 2.05) is 13.8 Å². The number of anilines is 1. The zero-order valence-electron chi connectivity index (χ0n) is 10.9. The van der Waals surface area contributed by atoms with Crippen molar-refractivity contribution in [3.05, 3.63) is 33.2 Å². The van der Waals surface area contributed by atoms with Gasteiger partial charge in [-0.1, -0.05) is 11.3 Å². The Hall–Kier alpha value is -1.76. The highest BCUT2D eigenvalue weighted by atomic mass is 32.1. The highest BCUT2D eigenvalue weighted by Gasteiger charge is 2.29. The van der Waals surface area contributed by atoms with Gasteiger partial charge >= 0.3 is 0 Å². The van der Waals surface area contributed by atoms with Crippen LogP contribution in [0.4, 0.5) is 5.13 Å². The van der Waals surface area contributed by atoms with E-state index in [0.29, 0.717) is 12.5 Å². The maximum absolute atomic E-state index is 11.7. The fourth-order valence-electron chi connectivity index (χ4n) is 2.18. The van der Waals surface area contributed by atoms with Crippen LogP contribution in [0.1, 0.15) is 10.7 Å². The summed E-state index contributed by atoms with van der Waals surface area (Å²) in [6.07, 6.45) is 0. The minimum absolute atomic E-state index is 0.0317. The summed E-state index contributed by atoms with van der Waals surface area (Å²) in [5, 5.41) is 14.3. The van der Waals surface area contributed by atoms with Gasteiger partial charge < -0.3 is 4.90 Å². The minimum Gasteiger partial charge on any atom is -0.346 e. The van der Waals surface area contributed by atoms with Crippen LogP contribution < -0.4 is 10.5 Å². The Kier molecular flexibility index (Phi) is 3.06. The van der Waals surface area contributed by atoms with E-state index in [1.165, 1.54) is 0 Å². The summed E-state index contributed by atoms with van der Waals surface area (Å²) < 4.78 is 1.56. The summed E-state index contributed by atoms with van der Waals surface area (Å²) in [7, 11) is 0. The largest absolute Gasteiger partial charge is 0.346 e. The lowest BCUT2D eigenvalue weighted by Gasteiger charge is -2.38. The topological polar surface area (TPSA) is 63.9 Å². The quantitative estimate of drug-likeness (QED) is 0.832. The molecule has 6 nitrogen and oxygen atoms in total. The molecule has 2 aromatic heterocycles. The first-order valence-corrected chi connectivity index (χ1v) is 7.03. The van der Waals surface area contributed by atoms with Crippen molar-refractivity contribution < 1.29 is 0 Å². The summed E-state index contributed by atoms with van der Waals surface area (Å²) in [4.78, 5) is 13.9. The molecule has 0 radical (unpaired) electrons. The van der Waals surface area contributed by atoms with E-state index in [9.17, 15) is 4.79 Å². The van der Waals surface area contributed by atoms with Crippen molar-refractivity contribution in [1.82, 2.24) is 20.0 Å². The van der Waals surface area contributed by atoms with Crippen molar-refractivity contribution in [2.45, 2.75) is 20.4 Å². The van der Waals surface area contributed by atoms with E-state index < -0.39 is 0 Å². The van der Waals surface area contributed by atoms with Gasteiger partial charge in [-0.3, -0.25) is 4.79 Å². The predicted octanol–water partition coefficient (Wildman–Crippen LogP) is 0.848. The molecule has 0 N–H and O–H groups in total. The van der Waals surface area contributed by atoms with E-state index >= 15 is 0 Å². The molecule has 1 saturated heterocycles. The molecule has 0 spiro atoms. The molecular weight excluding hydrogens is 262 g/mol. The summed E-state index contributed by atoms with van der Waals surface area (Å²) in [6.45, 7) is 6.35. The fourth-order valence-corrected chi connectivity index (χ4v) is 2.89. The smallest absolute Gasteiger partial charge is 0.266 e. The van der Waals surface area contributed by atoms with Crippen LogP contribution in [-0.2, 0) is 6.54 Å². The van der Waals surface area contributed by atoms with Gasteiger partial charge in [0.15, 0.2) is 0 Å². The van der Waals surface area contributed by atoms with Gasteiger partial charge in [0.2, 0.25) is 5.13 Å². The van der Waals surface area contributed by atoms with Gasteiger partial charge in [-0.25, -0.2) is 4.68 Å². The molecule has 2 aromatic rings. The van der Waals surface area contributed by atoms with Crippen molar-refractivity contribution >= 4 is 16.5 Å². The van der Waals surface area contributed by atoms with E-state index in [2.05, 4.69) is 20.2 Å². The zero-order valence-corrected chi connectivity index (χ0v) is 11.7. The molecule has 0 aliphatic carbocycles. The van der Waals surface area contributed by atoms with E-state index in [0.717, 1.165) is 28.9 Å². The Morgan fingerprint density at radius 3 is 2.79 bits per heavy atom. The average molecular weight is 277 g/mol. The molecular formula is C12H15N5OS. The minimum atomic E-state index is -0.0317. The normalized spacial score (nSPS) is 15.6. The third-order valence-corrected chi connectivity index (χ3v) is 4.07. The van der Waals surface area contributed by atoms with Gasteiger partial charge in [0.1, 0.15) is 5.01 Å². The second-order valence-corrected chi connectivity index (χ2v) is 6.03. The van der Waals surface area contributed by atoms with Gasteiger partial charge in [0.25, 0.3) is 5.56 Å². The summed E-state index contributed by atoms with van der Waals surface area (Å²) in [5.41, 5.74) is 0.839. The Morgan fingerprint density at radius 1 is 1.32 bits per heavy atom. The summed E-state index contributed by atoms with van der Waals surface area (Å²) in [6, 6.07) is 3.32. The van der Waals surface area contributed by atoms with Crippen LogP contribution in [0.25, 0.3) is 0 Å². The standard InChI is InChI=1S/C12H15N5OS/c1-8-3-4-11(18)17(15-8)7-10-5-16(6-10)12-14-13-9(2)19-12/h3-4,10H,5-7H2,1-2H3. The summed E-state index contributed by atoms with van der Waals surface area (Å²) >= 11 is 1.61. The number of hydrogen-bond donors (Lipinski definition) is 0. The Morgan fingerprint density at radius 2 is 2.11 bits per heavy atom. The molecule has 3 heterocycles. The van der Waals surface area contributed by atoms with Crippen molar-refractivity contribution in [3.8, 4) is 0 Å². The van der Waals surface area contributed by atoms with Gasteiger partial charge in [0.05, 0.1) is 12.2 Å². The molecule has 3 rings (SSSR count). The van der Waals surface area contributed by atoms with Gasteiger partial charge in [-0.05, 0) is 19.9 Å². The van der Waals surface area contributed by atoms with Crippen molar-refractivity contribution in [2.75, 3.05) is 18.0 Å². The first-order chi connectivity index (χ1) is 9.11. The van der Waals surface area contributed by atoms with Crippen LogP contribution in [0.5, 0.6) is 0 Å². The summed E-state index contributed by atoms with van der Waals surface area (Å²) in [5.74, 6) is 0.455. The average Bonchev–Trinajstić information content (AvgIpc) is 2.73. The van der Waals surface area contributed by atoms with Crippen LogP contribution in [-0.4, -0.2) is 33.1 Å². The number of aryl methyl sites for hydroxylation is 2. The fraction of sp³-hybridized carbons (Fsp3) is 0.500. The molecule has 0 amide bonds. The molecule has 19 heavy (non-hydrogen) atoms. The molecule has 0 saturated carbocycles. The Bertz CT molecular complexity index is 644. The predicted molar refractivity (Wildman–Crippen MR) is 73.6 cm³/mol. The zero-order chi connectivity index (χ0) is 13.4. The lowest BCUT2D eigenvalue weighted by atomic mass is 10.0. The molecule has 7 heteroatoms. The number of aromatic nitrogens is 4. The van der Waals surface area contributed by atoms with Crippen LogP contribution >= 0.6 is 11.3 Å². The van der Waals surface area contributed by atoms with Crippen LogP contribution in [0.2, 0.25) is 0 Å². The molecule has 1 aliphatic rings. The maximum atomic E-state index is 11.7. The highest BCUT2D eigenvalue weighted by molar-refractivity contribution is 7.15. The molecule has 100 valence electrons. The second-order valence-electron chi connectivity index (χ2n) is 4.87. The Labute approximate surface area is 114 Å². The number of rotatable bonds is 3. The van der Waals surface area contributed by atoms with Crippen molar-refractivity contribution in [3.63, 3.8) is 0 Å². The van der Waals surface area contributed by atoms with E-state index in [4.69, 9.17) is 0 Å².